The number of allylic oxidation sites excluding steroid dienone is 1. The third-order valence-electron chi connectivity index (χ3n) is 2.41. The van der Waals surface area contributed by atoms with E-state index in [1.165, 1.54) is 44.8 Å². The van der Waals surface area contributed by atoms with Crippen molar-refractivity contribution >= 4 is 0 Å². The molecule has 0 amide bonds. The van der Waals surface area contributed by atoms with Gasteiger partial charge in [-0.3, -0.25) is 4.89 Å². The average molecular weight is 212 g/mol. The first-order valence-corrected chi connectivity index (χ1v) is 5.84. The fraction of sp³-hybridized carbons (Fsp3) is 0.818. The van der Waals surface area contributed by atoms with E-state index in [9.17, 15) is 0 Å². The SMILES string of the molecule is C1=COON=NCCCCCCCCC1. The highest BCUT2D eigenvalue weighted by Gasteiger charge is 1.92. The van der Waals surface area contributed by atoms with Gasteiger partial charge in [-0.2, -0.15) is 0 Å². The van der Waals surface area contributed by atoms with Crippen LogP contribution in [0.5, 0.6) is 0 Å². The summed E-state index contributed by atoms with van der Waals surface area (Å²) in [5.41, 5.74) is 0. The van der Waals surface area contributed by atoms with Crippen molar-refractivity contribution in [3.8, 4) is 0 Å². The Bertz CT molecular complexity index is 173. The molecule has 4 heteroatoms. The average Bonchev–Trinajstić information content (AvgIpc) is 2.27. The van der Waals surface area contributed by atoms with E-state index < -0.39 is 0 Å². The van der Waals surface area contributed by atoms with Crippen LogP contribution < -0.4 is 0 Å². The van der Waals surface area contributed by atoms with Crippen molar-refractivity contribution in [3.05, 3.63) is 12.3 Å². The summed E-state index contributed by atoms with van der Waals surface area (Å²) >= 11 is 0. The van der Waals surface area contributed by atoms with Gasteiger partial charge in [0.05, 0.1) is 11.8 Å². The second-order valence-electron chi connectivity index (χ2n) is 3.75. The van der Waals surface area contributed by atoms with Crippen molar-refractivity contribution in [2.45, 2.75) is 51.4 Å². The van der Waals surface area contributed by atoms with E-state index in [4.69, 9.17) is 0 Å². The van der Waals surface area contributed by atoms with Crippen LogP contribution in [0.4, 0.5) is 0 Å². The minimum absolute atomic E-state index is 0.729. The van der Waals surface area contributed by atoms with Gasteiger partial charge in [0.1, 0.15) is 6.26 Å². The van der Waals surface area contributed by atoms with Crippen LogP contribution in [0.25, 0.3) is 0 Å². The maximum Gasteiger partial charge on any atom is 0.141 e. The molecule has 1 aliphatic heterocycles. The molecule has 1 rings (SSSR count). The smallest absolute Gasteiger partial charge is 0.141 e. The highest BCUT2D eigenvalue weighted by molar-refractivity contribution is 4.71. The summed E-state index contributed by atoms with van der Waals surface area (Å²) in [5, 5.41) is 7.26. The molecule has 0 aromatic rings. The Morgan fingerprint density at radius 3 is 2.47 bits per heavy atom. The van der Waals surface area contributed by atoms with Gasteiger partial charge >= 0.3 is 0 Å². The molecule has 0 fully saturated rings. The van der Waals surface area contributed by atoms with Gasteiger partial charge in [-0.1, -0.05) is 32.1 Å². The maximum absolute atomic E-state index is 4.67. The Kier molecular flexibility index (Phi) is 7.60. The molecular weight excluding hydrogens is 192 g/mol. The van der Waals surface area contributed by atoms with E-state index in [2.05, 4.69) is 20.3 Å². The van der Waals surface area contributed by atoms with Crippen LogP contribution in [-0.4, -0.2) is 6.54 Å². The fourth-order valence-corrected chi connectivity index (χ4v) is 1.54. The molecule has 0 bridgehead atoms. The molecule has 0 aromatic carbocycles. The Morgan fingerprint density at radius 1 is 0.867 bits per heavy atom. The van der Waals surface area contributed by atoms with Crippen molar-refractivity contribution < 1.29 is 9.88 Å². The third-order valence-corrected chi connectivity index (χ3v) is 2.41. The predicted molar refractivity (Wildman–Crippen MR) is 58.0 cm³/mol. The van der Waals surface area contributed by atoms with Crippen LogP contribution in [0.15, 0.2) is 22.7 Å². The molecule has 0 radical (unpaired) electrons. The zero-order chi connectivity index (χ0) is 10.6. The lowest BCUT2D eigenvalue weighted by molar-refractivity contribution is -0.257. The van der Waals surface area contributed by atoms with Gasteiger partial charge in [-0.15, -0.1) is 10.1 Å². The van der Waals surface area contributed by atoms with Gasteiger partial charge in [0, 0.05) is 0 Å². The second kappa shape index (κ2) is 9.49. The summed E-state index contributed by atoms with van der Waals surface area (Å²) in [4.78, 5) is 9.15. The van der Waals surface area contributed by atoms with Crippen molar-refractivity contribution in [2.75, 3.05) is 6.54 Å². The van der Waals surface area contributed by atoms with E-state index >= 15 is 0 Å². The summed E-state index contributed by atoms with van der Waals surface area (Å²) in [7, 11) is 0. The van der Waals surface area contributed by atoms with Crippen LogP contribution in [-0.2, 0) is 9.88 Å². The normalized spacial score (nSPS) is 20.8. The first kappa shape index (κ1) is 12.0. The summed E-state index contributed by atoms with van der Waals surface area (Å²) in [5.74, 6) is 0. The Hall–Kier alpha value is -1.06. The van der Waals surface area contributed by atoms with E-state index in [-0.39, 0.29) is 0 Å². The molecular formula is C11H20N2O2. The highest BCUT2D eigenvalue weighted by Crippen LogP contribution is 2.09. The molecule has 4 nitrogen and oxygen atoms in total. The fourth-order valence-electron chi connectivity index (χ4n) is 1.54. The van der Waals surface area contributed by atoms with E-state index in [1.54, 1.807) is 0 Å². The molecule has 1 aliphatic rings. The van der Waals surface area contributed by atoms with Crippen LogP contribution >= 0.6 is 0 Å². The molecule has 0 aliphatic carbocycles. The number of hydrogen-bond acceptors (Lipinski definition) is 4. The minimum Gasteiger partial charge on any atom is -0.274 e. The highest BCUT2D eigenvalue weighted by atomic mass is 17.3. The number of nitrogens with zero attached hydrogens (tertiary/aromatic N) is 2. The van der Waals surface area contributed by atoms with Gasteiger partial charge in [0.25, 0.3) is 0 Å². The lowest BCUT2D eigenvalue weighted by Crippen LogP contribution is -1.83. The molecule has 0 unspecified atom stereocenters. The quantitative estimate of drug-likeness (QED) is 0.570. The molecule has 0 saturated carbocycles. The Balaban J connectivity index is 2.15. The minimum atomic E-state index is 0.729. The predicted octanol–water partition coefficient (Wildman–Crippen LogP) is 3.95. The monoisotopic (exact) mass is 212 g/mol. The van der Waals surface area contributed by atoms with Crippen LogP contribution in [0.3, 0.4) is 0 Å². The molecule has 86 valence electrons. The first-order valence-electron chi connectivity index (χ1n) is 5.84. The first-order chi connectivity index (χ1) is 7.50. The molecule has 15 heavy (non-hydrogen) atoms. The van der Waals surface area contributed by atoms with E-state index in [0.717, 1.165) is 19.4 Å². The van der Waals surface area contributed by atoms with Crippen LogP contribution in [0, 0.1) is 0 Å². The summed E-state index contributed by atoms with van der Waals surface area (Å²) in [6.45, 7) is 0.729. The van der Waals surface area contributed by atoms with Gasteiger partial charge in [-0.05, 0) is 25.3 Å². The topological polar surface area (TPSA) is 43.2 Å². The molecule has 0 aromatic heterocycles. The van der Waals surface area contributed by atoms with Crippen molar-refractivity contribution in [2.24, 2.45) is 10.4 Å². The summed E-state index contributed by atoms with van der Waals surface area (Å²) in [6.07, 6.45) is 13.4. The molecule has 0 N–H and O–H groups in total. The van der Waals surface area contributed by atoms with E-state index in [1.807, 2.05) is 6.08 Å². The van der Waals surface area contributed by atoms with Crippen molar-refractivity contribution in [3.63, 3.8) is 0 Å². The standard InChI is InChI=1S/C11H20N2O2/c1-2-4-6-8-10-12-13-15-14-11-9-7-5-3-1/h9,11H,1-8,10H2. The summed E-state index contributed by atoms with van der Waals surface area (Å²) in [6, 6.07) is 0. The van der Waals surface area contributed by atoms with Crippen molar-refractivity contribution in [1.82, 2.24) is 0 Å². The van der Waals surface area contributed by atoms with Gasteiger partial charge < -0.3 is 0 Å². The lowest BCUT2D eigenvalue weighted by Gasteiger charge is -1.99. The third kappa shape index (κ3) is 7.97. The second-order valence-corrected chi connectivity index (χ2v) is 3.75. The lowest BCUT2D eigenvalue weighted by atomic mass is 10.1. The number of rotatable bonds is 0. The summed E-state index contributed by atoms with van der Waals surface area (Å²) < 4.78 is 0. The molecule has 0 saturated heterocycles. The van der Waals surface area contributed by atoms with Gasteiger partial charge in [-0.25, -0.2) is 0 Å². The maximum atomic E-state index is 4.67. The Labute approximate surface area is 91.3 Å². The zero-order valence-corrected chi connectivity index (χ0v) is 9.23. The van der Waals surface area contributed by atoms with Gasteiger partial charge in [0.15, 0.2) is 0 Å². The van der Waals surface area contributed by atoms with Crippen LogP contribution in [0.1, 0.15) is 51.4 Å². The van der Waals surface area contributed by atoms with E-state index in [0.29, 0.717) is 0 Å². The largest absolute Gasteiger partial charge is 0.274 e. The zero-order valence-electron chi connectivity index (χ0n) is 9.23. The molecule has 1 heterocycles. The van der Waals surface area contributed by atoms with Gasteiger partial charge in [0.2, 0.25) is 0 Å². The molecule has 0 spiro atoms. The Morgan fingerprint density at radius 2 is 1.60 bits per heavy atom. The molecule has 0 atom stereocenters. The number of hydrogen-bond donors (Lipinski definition) is 0. The van der Waals surface area contributed by atoms with Crippen molar-refractivity contribution in [1.29, 1.82) is 0 Å². The van der Waals surface area contributed by atoms with Crippen LogP contribution in [0.2, 0.25) is 0 Å².